The van der Waals surface area contributed by atoms with E-state index in [0.717, 1.165) is 14.7 Å². The largest absolute Gasteiger partial charge is 0.391 e. The molecule has 24 nitrogen and oxygen atoms in total. The Kier molecular flexibility index (Phi) is 31.0. The topological polar surface area (TPSA) is 279 Å². The number of nitrogens with zero attached hydrogens (tertiary/aromatic N) is 8. The molecule has 556 valence electrons. The third-order valence-electron chi connectivity index (χ3n) is 21.3. The summed E-state index contributed by atoms with van der Waals surface area (Å²) in [5.41, 5.74) is -1.59. The number of amides is 12. The van der Waals surface area contributed by atoms with E-state index in [4.69, 9.17) is 11.6 Å². The van der Waals surface area contributed by atoms with Crippen LogP contribution < -0.4 is 21.3 Å². The zero-order chi connectivity index (χ0) is 73.4. The molecule has 28 heteroatoms. The molecule has 0 aromatic carbocycles. The van der Waals surface area contributed by atoms with Gasteiger partial charge in [0.15, 0.2) is 0 Å². The number of nitrogens with one attached hydrogen (secondary N) is 4. The van der Waals surface area contributed by atoms with Gasteiger partial charge in [-0.1, -0.05) is 74.7 Å². The van der Waals surface area contributed by atoms with Crippen LogP contribution in [0.2, 0.25) is 0 Å². The second kappa shape index (κ2) is 36.9. The van der Waals surface area contributed by atoms with Gasteiger partial charge in [-0.15, -0.1) is 11.6 Å². The highest BCUT2D eigenvalue weighted by Crippen LogP contribution is 2.41. The predicted molar refractivity (Wildman–Crippen MR) is 365 cm³/mol. The second-order valence-corrected chi connectivity index (χ2v) is 30.9. The van der Waals surface area contributed by atoms with Crippen LogP contribution in [0.4, 0.5) is 13.2 Å². The Bertz CT molecular complexity index is 2790. The van der Waals surface area contributed by atoms with Crippen LogP contribution in [0.1, 0.15) is 190 Å². The Labute approximate surface area is 584 Å². The number of likely N-dealkylation sites (N-methyl/N-ethyl adjacent to an activating group) is 7. The molecule has 8 atom stereocenters. The summed E-state index contributed by atoms with van der Waals surface area (Å²) in [6, 6.07) is -8.89. The maximum Gasteiger partial charge on any atom is 0.391 e. The van der Waals surface area contributed by atoms with Crippen LogP contribution >= 0.6 is 11.6 Å². The summed E-state index contributed by atoms with van der Waals surface area (Å²) in [5, 5.41) is 11.5. The van der Waals surface area contributed by atoms with Gasteiger partial charge in [-0.2, -0.15) is 13.2 Å². The van der Waals surface area contributed by atoms with Gasteiger partial charge in [0.1, 0.15) is 47.8 Å². The maximum absolute atomic E-state index is 15.4. The number of hydrogen-bond acceptors (Lipinski definition) is 12. The summed E-state index contributed by atoms with van der Waals surface area (Å²) in [6.07, 6.45) is 1.52. The molecule has 0 radical (unpaired) electrons. The van der Waals surface area contributed by atoms with Crippen LogP contribution in [0.3, 0.4) is 0 Å². The predicted octanol–water partition coefficient (Wildman–Crippen LogP) is 5.71. The van der Waals surface area contributed by atoms with Gasteiger partial charge in [0.2, 0.25) is 70.9 Å². The maximum atomic E-state index is 15.4. The first-order valence-electron chi connectivity index (χ1n) is 35.8. The van der Waals surface area contributed by atoms with E-state index in [1.807, 2.05) is 34.6 Å². The number of likely N-dealkylation sites (tertiary alicyclic amines) is 1. The Morgan fingerprint density at radius 3 is 1.64 bits per heavy atom. The molecular formula is C70H116ClF3N12O12. The number of alkyl halides is 4. The van der Waals surface area contributed by atoms with Gasteiger partial charge in [0.05, 0.1) is 32.0 Å². The summed E-state index contributed by atoms with van der Waals surface area (Å²) in [7, 11) is 9.82. The third-order valence-corrected chi connectivity index (χ3v) is 21.8. The van der Waals surface area contributed by atoms with Gasteiger partial charge >= 0.3 is 6.18 Å². The van der Waals surface area contributed by atoms with E-state index >= 15 is 19.2 Å². The minimum atomic E-state index is -4.36. The van der Waals surface area contributed by atoms with Crippen molar-refractivity contribution in [2.75, 3.05) is 82.1 Å². The zero-order valence-corrected chi connectivity index (χ0v) is 61.8. The summed E-state index contributed by atoms with van der Waals surface area (Å²) in [4.78, 5) is 187. The van der Waals surface area contributed by atoms with Crippen LogP contribution in [0.15, 0.2) is 0 Å². The van der Waals surface area contributed by atoms with E-state index in [1.54, 1.807) is 25.7 Å². The number of rotatable bonds is 13. The first-order valence-corrected chi connectivity index (χ1v) is 36.3. The van der Waals surface area contributed by atoms with Crippen LogP contribution in [0.25, 0.3) is 0 Å². The van der Waals surface area contributed by atoms with Crippen molar-refractivity contribution >= 4 is 82.5 Å². The SMILES string of the molecule is CC[C@H](C)[C@@H]1NC(=O)[C@H](C(C)C)N(C)C(=O)C[C@@H](C(=O)N2CCCC2)NC(=O)[C@H](CC(C)C)N(C)C(=O)C2(CCCC2)NC(=O)[C@H](CC(C)C)N(C)C(=O)[C@H](CCC2CCC(C(F)(F)F)CC2)NC(=O)CN(C)C(=O)[C@H](CC2CCC(Cl)CC2)N(C)C(=O)CN(C)C(=O)CN(C)C1=O. The molecule has 5 rings (SSSR count). The third kappa shape index (κ3) is 22.4. The Balaban J connectivity index is 1.61. The average molecular weight is 1410 g/mol. The monoisotopic (exact) mass is 1410 g/mol. The lowest BCUT2D eigenvalue weighted by atomic mass is 9.79. The van der Waals surface area contributed by atoms with Crippen molar-refractivity contribution in [3.63, 3.8) is 0 Å². The van der Waals surface area contributed by atoms with Crippen molar-refractivity contribution in [1.29, 1.82) is 0 Å². The quantitative estimate of drug-likeness (QED) is 0.162. The molecule has 2 heterocycles. The molecule has 1 spiro atoms. The molecule has 0 aromatic rings. The number of halogens is 4. The van der Waals surface area contributed by atoms with Gasteiger partial charge in [-0.05, 0) is 145 Å². The van der Waals surface area contributed by atoms with Gasteiger partial charge < -0.3 is 60.5 Å². The standard InChI is InChI=1S/C70H116ClF3N12O12/c1-16-45(8)59-67(97)81(11)40-57(89)79(9)41-58(90)82(12)54(37-47-23-28-49(71)29-24-47)66(96)80(10)39-55(87)75-50(30-25-46-21-26-48(27-22-46)70(72,73)74)64(94)83(13)53(36-43(4)5)62(92)78-69(31-17-18-32-69)68(98)84(14)52(35-42(2)3)61(91)76-51(65(95)86-33-19-20-34-86)38-56(88)85(15)60(44(6)7)63(93)77-59/h42-54,59-60H,16-41H2,1-15H3,(H,75,87)(H,76,91)(H,77,93)(H,78,92)/t45-,46?,47?,48?,49?,50-,51-,52-,53-,54-,59-,60-/m0/s1. The number of hydrogen-bond donors (Lipinski definition) is 4. The lowest BCUT2D eigenvalue weighted by molar-refractivity contribution is -0.184. The Morgan fingerprint density at radius 2 is 1.10 bits per heavy atom. The fraction of sp³-hybridized carbons (Fsp3) is 0.829. The highest BCUT2D eigenvalue weighted by Gasteiger charge is 2.50. The highest BCUT2D eigenvalue weighted by atomic mass is 35.5. The molecule has 2 aliphatic heterocycles. The molecule has 3 saturated carbocycles. The smallest absolute Gasteiger partial charge is 0.343 e. The van der Waals surface area contributed by atoms with E-state index in [-0.39, 0.29) is 99.7 Å². The Hall–Kier alpha value is -6.28. The summed E-state index contributed by atoms with van der Waals surface area (Å²) < 4.78 is 41.5. The molecule has 5 aliphatic rings. The second-order valence-electron chi connectivity index (χ2n) is 30.3. The Morgan fingerprint density at radius 1 is 0.561 bits per heavy atom. The molecule has 3 aliphatic carbocycles. The van der Waals surface area contributed by atoms with Crippen molar-refractivity contribution in [2.24, 2.45) is 41.4 Å². The van der Waals surface area contributed by atoms with Crippen molar-refractivity contribution < 1.29 is 70.7 Å². The summed E-state index contributed by atoms with van der Waals surface area (Å²) >= 11 is 6.50. The van der Waals surface area contributed by atoms with Crippen LogP contribution in [-0.2, 0) is 57.5 Å². The molecule has 12 amide bonds. The molecule has 0 unspecified atom stereocenters. The van der Waals surface area contributed by atoms with E-state index in [2.05, 4.69) is 21.3 Å². The molecule has 4 N–H and O–H groups in total. The lowest BCUT2D eigenvalue weighted by Gasteiger charge is -2.40. The first kappa shape index (κ1) is 82.4. The van der Waals surface area contributed by atoms with Crippen LogP contribution in [0, 0.1) is 41.4 Å². The van der Waals surface area contributed by atoms with E-state index < -0.39 is 169 Å². The molecular weight excluding hydrogens is 1290 g/mol. The molecule has 2 saturated heterocycles. The van der Waals surface area contributed by atoms with Gasteiger partial charge in [0.25, 0.3) is 0 Å². The summed E-state index contributed by atoms with van der Waals surface area (Å²) in [6.45, 7) is 13.4. The molecule has 0 bridgehead atoms. The first-order chi connectivity index (χ1) is 45.8. The van der Waals surface area contributed by atoms with Crippen molar-refractivity contribution in [1.82, 2.24) is 60.5 Å². The molecule has 5 fully saturated rings. The van der Waals surface area contributed by atoms with Crippen molar-refractivity contribution in [2.45, 2.75) is 250 Å². The van der Waals surface area contributed by atoms with Crippen LogP contribution in [-0.4, -0.2) is 252 Å². The molecule has 98 heavy (non-hydrogen) atoms. The van der Waals surface area contributed by atoms with E-state index in [9.17, 15) is 51.5 Å². The fourth-order valence-corrected chi connectivity index (χ4v) is 15.1. The minimum Gasteiger partial charge on any atom is -0.343 e. The fourth-order valence-electron chi connectivity index (χ4n) is 14.8. The number of carbonyl (C=O) groups excluding carboxylic acids is 12. The van der Waals surface area contributed by atoms with E-state index in [0.29, 0.717) is 70.9 Å². The van der Waals surface area contributed by atoms with E-state index in [1.165, 1.54) is 68.9 Å². The zero-order valence-electron chi connectivity index (χ0n) is 61.0. The summed E-state index contributed by atoms with van der Waals surface area (Å²) in [5.74, 6) is -11.3. The van der Waals surface area contributed by atoms with Gasteiger partial charge in [-0.25, -0.2) is 0 Å². The van der Waals surface area contributed by atoms with Crippen LogP contribution in [0.5, 0.6) is 0 Å². The molecule has 0 aromatic heterocycles. The highest BCUT2D eigenvalue weighted by molar-refractivity contribution is 6.20. The normalized spacial score (nSPS) is 29.2. The van der Waals surface area contributed by atoms with Crippen molar-refractivity contribution in [3.8, 4) is 0 Å². The lowest BCUT2D eigenvalue weighted by Crippen LogP contribution is -2.64. The van der Waals surface area contributed by atoms with Gasteiger partial charge in [0, 0.05) is 67.8 Å². The van der Waals surface area contributed by atoms with Crippen molar-refractivity contribution in [3.05, 3.63) is 0 Å². The number of carbonyl (C=O) groups is 12. The minimum absolute atomic E-state index is 0.0431. The average Bonchev–Trinajstić information content (AvgIpc) is 1.49. The van der Waals surface area contributed by atoms with Gasteiger partial charge in [-0.3, -0.25) is 57.5 Å².